The lowest BCUT2D eigenvalue weighted by atomic mass is 10.0. The fraction of sp³-hybridized carbons (Fsp3) is 1.00. The first kappa shape index (κ1) is 5.66. The number of nitrogens with one attached hydrogen (secondary N) is 1. The first-order chi connectivity index (χ1) is 4.36. The average molecular weight is 129 g/mol. The molecule has 0 radical (unpaired) electrons. The van der Waals surface area contributed by atoms with Crippen molar-refractivity contribution in [3.05, 3.63) is 0 Å². The number of alkyl halides is 1. The third-order valence-electron chi connectivity index (χ3n) is 2.50. The third kappa shape index (κ3) is 0.855. The van der Waals surface area contributed by atoms with Crippen LogP contribution in [0.2, 0.25) is 0 Å². The standard InChI is InChI=1S/C7H12FN/c8-6-3-1-5-2-4-7(6)9-5/h5-7,9H,1-4H2. The molecule has 0 amide bonds. The number of piperidine rings is 1. The van der Waals surface area contributed by atoms with Crippen molar-refractivity contribution in [2.24, 2.45) is 0 Å². The van der Waals surface area contributed by atoms with Crippen molar-refractivity contribution < 1.29 is 4.39 Å². The van der Waals surface area contributed by atoms with Crippen LogP contribution in [0, 0.1) is 0 Å². The van der Waals surface area contributed by atoms with Gasteiger partial charge in [-0.2, -0.15) is 0 Å². The molecule has 2 fully saturated rings. The minimum Gasteiger partial charge on any atom is -0.308 e. The van der Waals surface area contributed by atoms with Crippen LogP contribution in [0.4, 0.5) is 4.39 Å². The number of hydrogen-bond donors (Lipinski definition) is 1. The summed E-state index contributed by atoms with van der Waals surface area (Å²) >= 11 is 0. The van der Waals surface area contributed by atoms with Gasteiger partial charge in [0.1, 0.15) is 6.17 Å². The van der Waals surface area contributed by atoms with Crippen LogP contribution in [-0.2, 0) is 0 Å². The largest absolute Gasteiger partial charge is 0.308 e. The monoisotopic (exact) mass is 129 g/mol. The Hall–Kier alpha value is -0.110. The molecule has 2 saturated heterocycles. The molecule has 1 nitrogen and oxygen atoms in total. The zero-order valence-electron chi connectivity index (χ0n) is 5.44. The first-order valence-corrected chi connectivity index (χ1v) is 3.76. The highest BCUT2D eigenvalue weighted by Gasteiger charge is 2.34. The molecule has 0 aromatic heterocycles. The van der Waals surface area contributed by atoms with Crippen LogP contribution in [0.15, 0.2) is 0 Å². The highest BCUT2D eigenvalue weighted by molar-refractivity contribution is 4.93. The Labute approximate surface area is 54.6 Å². The Bertz CT molecular complexity index is 115. The van der Waals surface area contributed by atoms with Crippen LogP contribution in [0.5, 0.6) is 0 Å². The molecule has 0 aliphatic carbocycles. The first-order valence-electron chi connectivity index (χ1n) is 3.76. The molecule has 0 saturated carbocycles. The molecule has 2 heteroatoms. The Morgan fingerprint density at radius 1 is 1.11 bits per heavy atom. The minimum absolute atomic E-state index is 0.212. The quantitative estimate of drug-likeness (QED) is 0.519. The van der Waals surface area contributed by atoms with Crippen LogP contribution >= 0.6 is 0 Å². The van der Waals surface area contributed by atoms with Crippen molar-refractivity contribution in [2.45, 2.75) is 43.9 Å². The van der Waals surface area contributed by atoms with Crippen molar-refractivity contribution in [1.82, 2.24) is 5.32 Å². The highest BCUT2D eigenvalue weighted by atomic mass is 19.1. The van der Waals surface area contributed by atoms with E-state index in [4.69, 9.17) is 0 Å². The summed E-state index contributed by atoms with van der Waals surface area (Å²) in [5, 5.41) is 3.27. The molecule has 0 aromatic carbocycles. The molecular weight excluding hydrogens is 117 g/mol. The predicted molar refractivity (Wildman–Crippen MR) is 34.1 cm³/mol. The lowest BCUT2D eigenvalue weighted by Crippen LogP contribution is -2.41. The molecule has 1 N–H and O–H groups in total. The molecule has 52 valence electrons. The summed E-state index contributed by atoms with van der Waals surface area (Å²) in [7, 11) is 0. The van der Waals surface area contributed by atoms with Gasteiger partial charge >= 0.3 is 0 Å². The van der Waals surface area contributed by atoms with Gasteiger partial charge in [0.05, 0.1) is 0 Å². The molecule has 3 atom stereocenters. The Morgan fingerprint density at radius 2 is 1.89 bits per heavy atom. The van der Waals surface area contributed by atoms with Gasteiger partial charge in [0.15, 0.2) is 0 Å². The molecule has 2 aliphatic heterocycles. The average Bonchev–Trinajstić information content (AvgIpc) is 2.25. The second-order valence-electron chi connectivity index (χ2n) is 3.14. The van der Waals surface area contributed by atoms with Crippen molar-refractivity contribution in [3.8, 4) is 0 Å². The summed E-state index contributed by atoms with van der Waals surface area (Å²) in [6, 6.07) is 0.866. The third-order valence-corrected chi connectivity index (χ3v) is 2.50. The summed E-state index contributed by atoms with van der Waals surface area (Å²) in [4.78, 5) is 0. The number of fused-ring (bicyclic) bond motifs is 2. The Kier molecular flexibility index (Phi) is 1.22. The SMILES string of the molecule is FC1CCC2CCC1N2. The normalized spacial score (nSPS) is 49.7. The van der Waals surface area contributed by atoms with Gasteiger partial charge in [-0.05, 0) is 25.7 Å². The van der Waals surface area contributed by atoms with Gasteiger partial charge in [0.25, 0.3) is 0 Å². The van der Waals surface area contributed by atoms with Crippen molar-refractivity contribution >= 4 is 0 Å². The lowest BCUT2D eigenvalue weighted by molar-refractivity contribution is 0.208. The van der Waals surface area contributed by atoms with Gasteiger partial charge in [-0.25, -0.2) is 4.39 Å². The van der Waals surface area contributed by atoms with E-state index in [1.165, 1.54) is 6.42 Å². The molecule has 2 bridgehead atoms. The van der Waals surface area contributed by atoms with Crippen LogP contribution in [0.25, 0.3) is 0 Å². The van der Waals surface area contributed by atoms with E-state index in [1.807, 2.05) is 0 Å². The molecule has 0 aromatic rings. The lowest BCUT2D eigenvalue weighted by Gasteiger charge is -2.23. The molecule has 2 rings (SSSR count). The summed E-state index contributed by atoms with van der Waals surface area (Å²) in [5.41, 5.74) is 0. The molecule has 2 aliphatic rings. The zero-order valence-corrected chi connectivity index (χ0v) is 5.44. The summed E-state index contributed by atoms with van der Waals surface area (Å²) < 4.78 is 12.8. The second kappa shape index (κ2) is 1.94. The number of rotatable bonds is 0. The molecule has 2 heterocycles. The maximum atomic E-state index is 12.8. The van der Waals surface area contributed by atoms with E-state index in [2.05, 4.69) is 5.32 Å². The van der Waals surface area contributed by atoms with Crippen molar-refractivity contribution in [3.63, 3.8) is 0 Å². The van der Waals surface area contributed by atoms with Gasteiger partial charge in [0.2, 0.25) is 0 Å². The van der Waals surface area contributed by atoms with Gasteiger partial charge in [-0.15, -0.1) is 0 Å². The Morgan fingerprint density at radius 3 is 2.67 bits per heavy atom. The maximum absolute atomic E-state index is 12.8. The predicted octanol–water partition coefficient (Wildman–Crippen LogP) is 1.24. The topological polar surface area (TPSA) is 12.0 Å². The Balaban J connectivity index is 2.05. The number of halogens is 1. The van der Waals surface area contributed by atoms with Crippen molar-refractivity contribution in [1.29, 1.82) is 0 Å². The van der Waals surface area contributed by atoms with Crippen molar-refractivity contribution in [2.75, 3.05) is 0 Å². The van der Waals surface area contributed by atoms with E-state index >= 15 is 0 Å². The fourth-order valence-corrected chi connectivity index (χ4v) is 1.92. The van der Waals surface area contributed by atoms with E-state index in [0.29, 0.717) is 6.04 Å². The van der Waals surface area contributed by atoms with E-state index in [0.717, 1.165) is 19.3 Å². The van der Waals surface area contributed by atoms with Crippen LogP contribution in [0.3, 0.4) is 0 Å². The van der Waals surface area contributed by atoms with E-state index in [9.17, 15) is 4.39 Å². The smallest absolute Gasteiger partial charge is 0.115 e. The van der Waals surface area contributed by atoms with Gasteiger partial charge in [-0.3, -0.25) is 0 Å². The molecule has 9 heavy (non-hydrogen) atoms. The van der Waals surface area contributed by atoms with Crippen LogP contribution < -0.4 is 5.32 Å². The summed E-state index contributed by atoms with van der Waals surface area (Å²) in [5.74, 6) is 0. The van der Waals surface area contributed by atoms with Gasteiger partial charge in [-0.1, -0.05) is 0 Å². The van der Waals surface area contributed by atoms with Crippen LogP contribution in [0.1, 0.15) is 25.7 Å². The zero-order chi connectivity index (χ0) is 6.27. The summed E-state index contributed by atoms with van der Waals surface area (Å²) in [6.45, 7) is 0. The van der Waals surface area contributed by atoms with Gasteiger partial charge in [0, 0.05) is 12.1 Å². The van der Waals surface area contributed by atoms with E-state index < -0.39 is 6.17 Å². The molecular formula is C7H12FN. The molecule has 3 unspecified atom stereocenters. The maximum Gasteiger partial charge on any atom is 0.115 e. The fourth-order valence-electron chi connectivity index (χ4n) is 1.92. The number of hydrogen-bond acceptors (Lipinski definition) is 1. The second-order valence-corrected chi connectivity index (χ2v) is 3.14. The van der Waals surface area contributed by atoms with E-state index in [-0.39, 0.29) is 6.04 Å². The minimum atomic E-state index is -0.552. The highest BCUT2D eigenvalue weighted by Crippen LogP contribution is 2.28. The van der Waals surface area contributed by atoms with E-state index in [1.54, 1.807) is 0 Å². The van der Waals surface area contributed by atoms with Crippen LogP contribution in [-0.4, -0.2) is 18.3 Å². The van der Waals surface area contributed by atoms with Gasteiger partial charge < -0.3 is 5.32 Å². The summed E-state index contributed by atoms with van der Waals surface area (Å²) in [6.07, 6.45) is 3.56. The molecule has 0 spiro atoms.